The van der Waals surface area contributed by atoms with Gasteiger partial charge in [0.15, 0.2) is 5.78 Å². The van der Waals surface area contributed by atoms with E-state index in [1.807, 2.05) is 0 Å². The lowest BCUT2D eigenvalue weighted by Gasteiger charge is -2.10. The molecular weight excluding hydrogens is 326 g/mol. The van der Waals surface area contributed by atoms with Crippen LogP contribution in [0, 0.1) is 10.1 Å². The van der Waals surface area contributed by atoms with E-state index in [4.69, 9.17) is 9.47 Å². The molecule has 0 saturated carbocycles. The van der Waals surface area contributed by atoms with E-state index in [1.54, 1.807) is 18.2 Å². The number of hydrogen-bond donors (Lipinski definition) is 0. The molecule has 0 heterocycles. The summed E-state index contributed by atoms with van der Waals surface area (Å²) in [6, 6.07) is 10.6. The molecule has 0 aliphatic carbocycles. The summed E-state index contributed by atoms with van der Waals surface area (Å²) in [6.45, 7) is 1.45. The van der Waals surface area contributed by atoms with Crippen LogP contribution in [-0.2, 0) is 22.6 Å². The lowest BCUT2D eigenvalue weighted by atomic mass is 10.0. The molecule has 0 fully saturated rings. The summed E-state index contributed by atoms with van der Waals surface area (Å²) in [5.41, 5.74) is 1.66. The van der Waals surface area contributed by atoms with Crippen LogP contribution in [0.2, 0.25) is 0 Å². The molecule has 2 rings (SSSR count). The quantitative estimate of drug-likeness (QED) is 0.332. The Labute approximate surface area is 144 Å². The molecular formula is C18H17NO6. The minimum atomic E-state index is -0.496. The molecule has 0 N–H and O–H groups in total. The largest absolute Gasteiger partial charge is 0.496 e. The molecule has 7 heteroatoms. The third-order valence-corrected chi connectivity index (χ3v) is 3.57. The summed E-state index contributed by atoms with van der Waals surface area (Å²) in [5, 5.41) is 10.6. The molecule has 0 aliphatic heterocycles. The van der Waals surface area contributed by atoms with Gasteiger partial charge in [-0.3, -0.25) is 19.7 Å². The van der Waals surface area contributed by atoms with Crippen molar-refractivity contribution >= 4 is 17.4 Å². The lowest BCUT2D eigenvalue weighted by Crippen LogP contribution is -2.10. The molecule has 130 valence electrons. The van der Waals surface area contributed by atoms with Gasteiger partial charge in [0.2, 0.25) is 0 Å². The number of Topliss-reactive ketones (excluding diaryl/α,β-unsaturated/α-hetero) is 1. The van der Waals surface area contributed by atoms with Gasteiger partial charge in [0.25, 0.3) is 5.69 Å². The van der Waals surface area contributed by atoms with Crippen molar-refractivity contribution in [1.82, 2.24) is 0 Å². The SMILES string of the molecule is COc1ccc(C(C)=O)cc1CC(=O)OCc1ccc([N+](=O)[O-])cc1. The fourth-order valence-corrected chi connectivity index (χ4v) is 2.22. The average Bonchev–Trinajstić information content (AvgIpc) is 2.60. The zero-order valence-corrected chi connectivity index (χ0v) is 13.9. The minimum Gasteiger partial charge on any atom is -0.496 e. The summed E-state index contributed by atoms with van der Waals surface area (Å²) >= 11 is 0. The van der Waals surface area contributed by atoms with Crippen LogP contribution >= 0.6 is 0 Å². The van der Waals surface area contributed by atoms with Crippen molar-refractivity contribution in [3.05, 3.63) is 69.3 Å². The number of hydrogen-bond acceptors (Lipinski definition) is 6. The van der Waals surface area contributed by atoms with E-state index in [1.165, 1.54) is 38.3 Å². The van der Waals surface area contributed by atoms with Crippen LogP contribution in [0.1, 0.15) is 28.4 Å². The van der Waals surface area contributed by atoms with E-state index in [2.05, 4.69) is 0 Å². The van der Waals surface area contributed by atoms with Crippen LogP contribution in [0.3, 0.4) is 0 Å². The number of nitro benzene ring substituents is 1. The number of carbonyl (C=O) groups excluding carboxylic acids is 2. The molecule has 0 radical (unpaired) electrons. The zero-order chi connectivity index (χ0) is 18.4. The van der Waals surface area contributed by atoms with Gasteiger partial charge in [0.05, 0.1) is 18.5 Å². The Morgan fingerprint density at radius 1 is 1.12 bits per heavy atom. The van der Waals surface area contributed by atoms with Gasteiger partial charge in [0.1, 0.15) is 12.4 Å². The highest BCUT2D eigenvalue weighted by Crippen LogP contribution is 2.21. The van der Waals surface area contributed by atoms with Crippen LogP contribution in [0.25, 0.3) is 0 Å². The standard InChI is InChI=1S/C18H17NO6/c1-12(20)14-5-8-17(24-2)15(9-14)10-18(21)25-11-13-3-6-16(7-4-13)19(22)23/h3-9H,10-11H2,1-2H3. The third kappa shape index (κ3) is 4.87. The van der Waals surface area contributed by atoms with Gasteiger partial charge < -0.3 is 9.47 Å². The van der Waals surface area contributed by atoms with Crippen molar-refractivity contribution in [3.8, 4) is 5.75 Å². The number of nitrogens with zero attached hydrogens (tertiary/aromatic N) is 1. The first-order valence-electron chi connectivity index (χ1n) is 7.47. The Kier molecular flexibility index (Phi) is 5.84. The van der Waals surface area contributed by atoms with Gasteiger partial charge in [-0.15, -0.1) is 0 Å². The van der Waals surface area contributed by atoms with Crippen molar-refractivity contribution in [2.45, 2.75) is 20.0 Å². The summed E-state index contributed by atoms with van der Waals surface area (Å²) in [7, 11) is 1.48. The molecule has 0 saturated heterocycles. The number of ketones is 1. The van der Waals surface area contributed by atoms with E-state index in [0.717, 1.165) is 0 Å². The van der Waals surface area contributed by atoms with E-state index in [0.29, 0.717) is 22.4 Å². The summed E-state index contributed by atoms with van der Waals surface area (Å²) in [5.74, 6) is -0.0993. The van der Waals surface area contributed by atoms with Gasteiger partial charge in [-0.25, -0.2) is 0 Å². The molecule has 0 spiro atoms. The highest BCUT2D eigenvalue weighted by Gasteiger charge is 2.13. The van der Waals surface area contributed by atoms with Crippen molar-refractivity contribution in [2.24, 2.45) is 0 Å². The molecule has 25 heavy (non-hydrogen) atoms. The fourth-order valence-electron chi connectivity index (χ4n) is 2.22. The molecule has 2 aromatic rings. The highest BCUT2D eigenvalue weighted by molar-refractivity contribution is 5.94. The molecule has 0 bridgehead atoms. The maximum Gasteiger partial charge on any atom is 0.310 e. The van der Waals surface area contributed by atoms with Crippen LogP contribution in [-0.4, -0.2) is 23.8 Å². The Morgan fingerprint density at radius 2 is 1.80 bits per heavy atom. The van der Waals surface area contributed by atoms with Crippen molar-refractivity contribution < 1.29 is 24.0 Å². The number of carbonyl (C=O) groups is 2. The number of nitro groups is 1. The Morgan fingerprint density at radius 3 is 2.36 bits per heavy atom. The van der Waals surface area contributed by atoms with Crippen LogP contribution in [0.4, 0.5) is 5.69 Å². The van der Waals surface area contributed by atoms with Crippen molar-refractivity contribution in [2.75, 3.05) is 7.11 Å². The zero-order valence-electron chi connectivity index (χ0n) is 13.9. The Hall–Kier alpha value is -3.22. The molecule has 0 aromatic heterocycles. The second-order valence-corrected chi connectivity index (χ2v) is 5.34. The predicted molar refractivity (Wildman–Crippen MR) is 89.6 cm³/mol. The maximum atomic E-state index is 12.0. The van der Waals surface area contributed by atoms with E-state index in [-0.39, 0.29) is 24.5 Å². The number of methoxy groups -OCH3 is 1. The van der Waals surface area contributed by atoms with Crippen LogP contribution in [0.5, 0.6) is 5.75 Å². The first-order valence-corrected chi connectivity index (χ1v) is 7.47. The number of non-ortho nitro benzene ring substituents is 1. The highest BCUT2D eigenvalue weighted by atomic mass is 16.6. The average molecular weight is 343 g/mol. The molecule has 0 amide bonds. The first-order chi connectivity index (χ1) is 11.9. The van der Waals surface area contributed by atoms with E-state index < -0.39 is 10.9 Å². The van der Waals surface area contributed by atoms with E-state index >= 15 is 0 Å². The molecule has 0 atom stereocenters. The number of ether oxygens (including phenoxy) is 2. The second-order valence-electron chi connectivity index (χ2n) is 5.34. The van der Waals surface area contributed by atoms with Crippen LogP contribution in [0.15, 0.2) is 42.5 Å². The number of benzene rings is 2. The van der Waals surface area contributed by atoms with Gasteiger partial charge >= 0.3 is 5.97 Å². The molecule has 0 unspecified atom stereocenters. The molecule has 2 aromatic carbocycles. The van der Waals surface area contributed by atoms with Crippen LogP contribution < -0.4 is 4.74 Å². The Bertz CT molecular complexity index is 798. The monoisotopic (exact) mass is 343 g/mol. The third-order valence-electron chi connectivity index (χ3n) is 3.57. The van der Waals surface area contributed by atoms with Gasteiger partial charge in [-0.05, 0) is 42.8 Å². The molecule has 0 aliphatic rings. The normalized spacial score (nSPS) is 10.2. The number of esters is 1. The Balaban J connectivity index is 2.01. The van der Waals surface area contributed by atoms with E-state index in [9.17, 15) is 19.7 Å². The second kappa shape index (κ2) is 8.05. The van der Waals surface area contributed by atoms with Crippen molar-refractivity contribution in [3.63, 3.8) is 0 Å². The summed E-state index contributed by atoms with van der Waals surface area (Å²) in [4.78, 5) is 33.6. The fraction of sp³-hybridized carbons (Fsp3) is 0.222. The molecule has 7 nitrogen and oxygen atoms in total. The lowest BCUT2D eigenvalue weighted by molar-refractivity contribution is -0.384. The van der Waals surface area contributed by atoms with Gasteiger partial charge in [-0.1, -0.05) is 0 Å². The first kappa shape index (κ1) is 18.1. The van der Waals surface area contributed by atoms with Gasteiger partial charge in [0, 0.05) is 23.3 Å². The van der Waals surface area contributed by atoms with Crippen molar-refractivity contribution in [1.29, 1.82) is 0 Å². The summed E-state index contributed by atoms with van der Waals surface area (Å²) in [6.07, 6.45) is -0.0444. The summed E-state index contributed by atoms with van der Waals surface area (Å²) < 4.78 is 10.4. The number of rotatable bonds is 7. The maximum absolute atomic E-state index is 12.0. The minimum absolute atomic E-state index is 0.00550. The smallest absolute Gasteiger partial charge is 0.310 e. The topological polar surface area (TPSA) is 95.7 Å². The predicted octanol–water partition coefficient (Wildman–Crippen LogP) is 3.09. The van der Waals surface area contributed by atoms with Gasteiger partial charge in [-0.2, -0.15) is 0 Å².